The van der Waals surface area contributed by atoms with Crippen LogP contribution in [0.1, 0.15) is 24.0 Å². The molecule has 1 aliphatic heterocycles. The topological polar surface area (TPSA) is 80.0 Å². The predicted molar refractivity (Wildman–Crippen MR) is 44.7 cm³/mol. The van der Waals surface area contributed by atoms with E-state index in [2.05, 4.69) is 15.4 Å². The van der Waals surface area contributed by atoms with Crippen molar-refractivity contribution in [2.45, 2.75) is 25.9 Å². The Morgan fingerprint density at radius 3 is 3.23 bits per heavy atom. The Balaban J connectivity index is 2.33. The molecule has 0 radical (unpaired) electrons. The van der Waals surface area contributed by atoms with Crippen LogP contribution in [0.4, 0.5) is 5.95 Å². The maximum Gasteiger partial charge on any atom is 0.375 e. The maximum atomic E-state index is 10.5. The zero-order chi connectivity index (χ0) is 9.42. The van der Waals surface area contributed by atoms with Crippen molar-refractivity contribution in [3.63, 3.8) is 0 Å². The number of aromatic carboxylic acids is 1. The van der Waals surface area contributed by atoms with Crippen LogP contribution in [0, 0.1) is 0 Å². The minimum absolute atomic E-state index is 0.142. The third-order valence-electron chi connectivity index (χ3n) is 2.01. The van der Waals surface area contributed by atoms with Crippen molar-refractivity contribution in [1.29, 1.82) is 0 Å². The van der Waals surface area contributed by atoms with Gasteiger partial charge < -0.3 is 10.4 Å². The van der Waals surface area contributed by atoms with Crippen molar-refractivity contribution in [2.24, 2.45) is 0 Å². The van der Waals surface area contributed by atoms with E-state index >= 15 is 0 Å². The number of carbonyl (C=O) groups is 1. The quantitative estimate of drug-likeness (QED) is 0.647. The Hall–Kier alpha value is -1.59. The van der Waals surface area contributed by atoms with E-state index in [-0.39, 0.29) is 5.82 Å². The first kappa shape index (κ1) is 8.03. The number of nitrogens with zero attached hydrogens (tertiary/aromatic N) is 3. The number of fused-ring (bicyclic) bond motifs is 1. The lowest BCUT2D eigenvalue weighted by atomic mass is 10.2. The number of hydrogen-bond acceptors (Lipinski definition) is 4. The van der Waals surface area contributed by atoms with Gasteiger partial charge in [-0.1, -0.05) is 0 Å². The number of anilines is 1. The Labute approximate surface area is 74.6 Å². The second-order valence-corrected chi connectivity index (χ2v) is 3.12. The van der Waals surface area contributed by atoms with Gasteiger partial charge in [0.25, 0.3) is 5.82 Å². The summed E-state index contributed by atoms with van der Waals surface area (Å²) in [4.78, 5) is 14.4. The van der Waals surface area contributed by atoms with Crippen molar-refractivity contribution in [2.75, 3.05) is 5.32 Å². The molecular weight excluding hydrogens is 172 g/mol. The lowest BCUT2D eigenvalue weighted by Gasteiger charge is -2.20. The van der Waals surface area contributed by atoms with E-state index in [1.54, 1.807) is 4.68 Å². The molecule has 70 valence electrons. The highest BCUT2D eigenvalue weighted by atomic mass is 16.4. The van der Waals surface area contributed by atoms with E-state index in [0.29, 0.717) is 12.0 Å². The molecular formula is C7H10N4O2. The normalized spacial score (nSPS) is 20.5. The summed E-state index contributed by atoms with van der Waals surface area (Å²) < 4.78 is 1.59. The Morgan fingerprint density at radius 1 is 1.77 bits per heavy atom. The summed E-state index contributed by atoms with van der Waals surface area (Å²) in [6, 6.07) is 0.332. The summed E-state index contributed by atoms with van der Waals surface area (Å²) in [6.07, 6.45) is 0.940. The van der Waals surface area contributed by atoms with E-state index in [0.717, 1.165) is 13.0 Å². The number of carboxylic acids is 1. The molecule has 0 aromatic carbocycles. The molecule has 13 heavy (non-hydrogen) atoms. The standard InChI is InChI=1S/C7H10N4O2/c1-4-2-3-11-7(8-4)9-5(10-11)6(12)13/h4H,2-3H2,1H3,(H,12,13)(H,8,9,10). The molecule has 0 aliphatic carbocycles. The third kappa shape index (κ3) is 1.34. The van der Waals surface area contributed by atoms with E-state index in [1.807, 2.05) is 6.92 Å². The molecule has 0 bridgehead atoms. The number of carboxylic acid groups (broad SMARTS) is 1. The van der Waals surface area contributed by atoms with E-state index < -0.39 is 5.97 Å². The average Bonchev–Trinajstić information content (AvgIpc) is 2.46. The van der Waals surface area contributed by atoms with Gasteiger partial charge in [-0.3, -0.25) is 0 Å². The molecule has 2 N–H and O–H groups in total. The van der Waals surface area contributed by atoms with Gasteiger partial charge in [-0.2, -0.15) is 4.98 Å². The highest BCUT2D eigenvalue weighted by Crippen LogP contribution is 2.14. The van der Waals surface area contributed by atoms with Gasteiger partial charge in [0.1, 0.15) is 0 Å². The van der Waals surface area contributed by atoms with Crippen LogP contribution < -0.4 is 5.32 Å². The molecule has 0 fully saturated rings. The number of aromatic nitrogens is 3. The van der Waals surface area contributed by atoms with Crippen molar-refractivity contribution < 1.29 is 9.90 Å². The molecule has 0 amide bonds. The van der Waals surface area contributed by atoms with Crippen molar-refractivity contribution in [3.8, 4) is 0 Å². The summed E-state index contributed by atoms with van der Waals surface area (Å²) in [5.74, 6) is -0.677. The Bertz CT molecular complexity index is 346. The molecule has 2 rings (SSSR count). The molecule has 1 atom stereocenters. The zero-order valence-electron chi connectivity index (χ0n) is 7.19. The number of aryl methyl sites for hydroxylation is 1. The first-order valence-corrected chi connectivity index (χ1v) is 4.11. The van der Waals surface area contributed by atoms with Crippen LogP contribution in [0.5, 0.6) is 0 Å². The van der Waals surface area contributed by atoms with Crippen molar-refractivity contribution in [3.05, 3.63) is 5.82 Å². The van der Waals surface area contributed by atoms with Gasteiger partial charge in [0.15, 0.2) is 0 Å². The van der Waals surface area contributed by atoms with Crippen LogP contribution in [-0.4, -0.2) is 31.9 Å². The van der Waals surface area contributed by atoms with Crippen LogP contribution in [0.2, 0.25) is 0 Å². The van der Waals surface area contributed by atoms with E-state index in [4.69, 9.17) is 5.11 Å². The molecule has 0 spiro atoms. The molecule has 0 saturated heterocycles. The fourth-order valence-electron chi connectivity index (χ4n) is 1.30. The summed E-state index contributed by atoms with van der Waals surface area (Å²) in [5, 5.41) is 15.5. The summed E-state index contributed by atoms with van der Waals surface area (Å²) in [6.45, 7) is 2.75. The maximum absolute atomic E-state index is 10.5. The van der Waals surface area contributed by atoms with Crippen LogP contribution in [0.25, 0.3) is 0 Å². The molecule has 6 heteroatoms. The lowest BCUT2D eigenvalue weighted by Crippen LogP contribution is -2.26. The molecule has 1 aromatic heterocycles. The smallest absolute Gasteiger partial charge is 0.375 e. The summed E-state index contributed by atoms with van der Waals surface area (Å²) >= 11 is 0. The SMILES string of the molecule is CC1CCn2nc(C(=O)O)nc2N1. The van der Waals surface area contributed by atoms with Gasteiger partial charge in [-0.05, 0) is 13.3 Å². The summed E-state index contributed by atoms with van der Waals surface area (Å²) in [7, 11) is 0. The van der Waals surface area contributed by atoms with Gasteiger partial charge >= 0.3 is 5.97 Å². The fourth-order valence-corrected chi connectivity index (χ4v) is 1.30. The number of hydrogen-bond donors (Lipinski definition) is 2. The minimum atomic E-state index is -1.09. The largest absolute Gasteiger partial charge is 0.475 e. The monoisotopic (exact) mass is 182 g/mol. The van der Waals surface area contributed by atoms with Crippen LogP contribution in [0.15, 0.2) is 0 Å². The van der Waals surface area contributed by atoms with Gasteiger partial charge in [-0.25, -0.2) is 9.48 Å². The van der Waals surface area contributed by atoms with Crippen molar-refractivity contribution >= 4 is 11.9 Å². The minimum Gasteiger partial charge on any atom is -0.475 e. The fraction of sp³-hybridized carbons (Fsp3) is 0.571. The van der Waals surface area contributed by atoms with Gasteiger partial charge in [0.2, 0.25) is 5.95 Å². The highest BCUT2D eigenvalue weighted by molar-refractivity contribution is 5.83. The molecule has 1 aromatic rings. The van der Waals surface area contributed by atoms with Crippen LogP contribution in [-0.2, 0) is 6.54 Å². The van der Waals surface area contributed by atoms with Crippen LogP contribution >= 0.6 is 0 Å². The molecule has 0 saturated carbocycles. The molecule has 2 heterocycles. The van der Waals surface area contributed by atoms with E-state index in [1.165, 1.54) is 0 Å². The first-order valence-electron chi connectivity index (χ1n) is 4.11. The number of nitrogens with one attached hydrogen (secondary N) is 1. The molecule has 1 aliphatic rings. The zero-order valence-corrected chi connectivity index (χ0v) is 7.19. The lowest BCUT2D eigenvalue weighted by molar-refractivity contribution is 0.0683. The molecule has 6 nitrogen and oxygen atoms in total. The molecule has 1 unspecified atom stereocenters. The van der Waals surface area contributed by atoms with E-state index in [9.17, 15) is 4.79 Å². The van der Waals surface area contributed by atoms with Gasteiger partial charge in [0.05, 0.1) is 0 Å². The second kappa shape index (κ2) is 2.72. The average molecular weight is 182 g/mol. The van der Waals surface area contributed by atoms with Gasteiger partial charge in [-0.15, -0.1) is 5.10 Å². The second-order valence-electron chi connectivity index (χ2n) is 3.12. The third-order valence-corrected chi connectivity index (χ3v) is 2.01. The highest BCUT2D eigenvalue weighted by Gasteiger charge is 2.20. The number of rotatable bonds is 1. The summed E-state index contributed by atoms with van der Waals surface area (Å²) in [5.41, 5.74) is 0. The first-order chi connectivity index (χ1) is 6.16. The van der Waals surface area contributed by atoms with Crippen LogP contribution in [0.3, 0.4) is 0 Å². The van der Waals surface area contributed by atoms with Crippen molar-refractivity contribution in [1.82, 2.24) is 14.8 Å². The van der Waals surface area contributed by atoms with Gasteiger partial charge in [0, 0.05) is 12.6 Å². The predicted octanol–water partition coefficient (Wildman–Crippen LogP) is 0.180. The Kier molecular flexibility index (Phi) is 1.68. The Morgan fingerprint density at radius 2 is 2.54 bits per heavy atom.